The highest BCUT2D eigenvalue weighted by Gasteiger charge is 2.29. The van der Waals surface area contributed by atoms with Crippen LogP contribution in [0.4, 0.5) is 5.13 Å². The first-order valence-electron chi connectivity index (χ1n) is 9.67. The van der Waals surface area contributed by atoms with E-state index in [0.717, 1.165) is 36.9 Å². The Morgan fingerprint density at radius 2 is 1.81 bits per heavy atom. The second-order valence-corrected chi connectivity index (χ2v) is 8.32. The molecule has 0 bridgehead atoms. The summed E-state index contributed by atoms with van der Waals surface area (Å²) in [5.41, 5.74) is 1.85. The Bertz CT molecular complexity index is 767. The fraction of sp³-hybridized carbons (Fsp3) is 0.476. The lowest BCUT2D eigenvalue weighted by Gasteiger charge is -2.26. The zero-order chi connectivity index (χ0) is 19.2. The van der Waals surface area contributed by atoms with Gasteiger partial charge in [-0.05, 0) is 18.8 Å². The highest BCUT2D eigenvalue weighted by Crippen LogP contribution is 2.26. The minimum absolute atomic E-state index is 0.00564. The van der Waals surface area contributed by atoms with Crippen LogP contribution in [0.2, 0.25) is 0 Å². The molecular formula is C21H27N3O2S. The van der Waals surface area contributed by atoms with E-state index in [4.69, 9.17) is 0 Å². The molecule has 1 aromatic heterocycles. The van der Waals surface area contributed by atoms with Crippen molar-refractivity contribution < 1.29 is 9.59 Å². The van der Waals surface area contributed by atoms with Crippen molar-refractivity contribution in [3.63, 3.8) is 0 Å². The Hall–Kier alpha value is -2.21. The number of benzene rings is 1. The molecule has 6 heteroatoms. The van der Waals surface area contributed by atoms with Gasteiger partial charge in [0.2, 0.25) is 11.8 Å². The van der Waals surface area contributed by atoms with E-state index in [2.05, 4.69) is 15.6 Å². The smallest absolute Gasteiger partial charge is 0.248 e. The molecule has 0 spiro atoms. The standard InChI is InChI=1S/C21H27N3O2S/c1-14(2)18(23-19(25)16-11-7-4-8-12-16)20(26)24-21-22-17(13-27-21)15-9-5-3-6-10-15/h3,5-6,9-10,13-14,16,18H,4,7-8,11-12H2,1-2H3,(H,23,25)(H,22,24,26). The van der Waals surface area contributed by atoms with Gasteiger partial charge in [0.15, 0.2) is 5.13 Å². The molecule has 3 rings (SSSR count). The molecule has 1 aromatic carbocycles. The summed E-state index contributed by atoms with van der Waals surface area (Å²) in [5, 5.41) is 8.32. The third-order valence-corrected chi connectivity index (χ3v) is 5.78. The van der Waals surface area contributed by atoms with Crippen LogP contribution in [0.1, 0.15) is 46.0 Å². The summed E-state index contributed by atoms with van der Waals surface area (Å²) >= 11 is 1.39. The Labute approximate surface area is 164 Å². The largest absolute Gasteiger partial charge is 0.344 e. The van der Waals surface area contributed by atoms with Crippen LogP contribution >= 0.6 is 11.3 Å². The average molecular weight is 386 g/mol. The summed E-state index contributed by atoms with van der Waals surface area (Å²) < 4.78 is 0. The lowest BCUT2D eigenvalue weighted by atomic mass is 9.88. The van der Waals surface area contributed by atoms with E-state index < -0.39 is 6.04 Å². The van der Waals surface area contributed by atoms with Crippen molar-refractivity contribution in [1.82, 2.24) is 10.3 Å². The summed E-state index contributed by atoms with van der Waals surface area (Å²) in [6.45, 7) is 3.89. The van der Waals surface area contributed by atoms with Crippen LogP contribution in [-0.2, 0) is 9.59 Å². The summed E-state index contributed by atoms with van der Waals surface area (Å²) in [6, 6.07) is 9.30. The van der Waals surface area contributed by atoms with Crippen LogP contribution in [0.3, 0.4) is 0 Å². The molecule has 1 aliphatic carbocycles. The van der Waals surface area contributed by atoms with Gasteiger partial charge in [0.25, 0.3) is 0 Å². The summed E-state index contributed by atoms with van der Waals surface area (Å²) in [4.78, 5) is 29.8. The second-order valence-electron chi connectivity index (χ2n) is 7.46. The monoisotopic (exact) mass is 385 g/mol. The quantitative estimate of drug-likeness (QED) is 0.771. The number of carbonyl (C=O) groups is 2. The number of thiazole rings is 1. The molecule has 0 aliphatic heterocycles. The Morgan fingerprint density at radius 3 is 2.48 bits per heavy atom. The van der Waals surface area contributed by atoms with Gasteiger partial charge in [-0.25, -0.2) is 4.98 Å². The molecule has 5 nitrogen and oxygen atoms in total. The van der Waals surface area contributed by atoms with Gasteiger partial charge in [0, 0.05) is 16.9 Å². The van der Waals surface area contributed by atoms with Gasteiger partial charge >= 0.3 is 0 Å². The van der Waals surface area contributed by atoms with E-state index in [0.29, 0.717) is 5.13 Å². The fourth-order valence-electron chi connectivity index (χ4n) is 3.43. The van der Waals surface area contributed by atoms with Crippen molar-refractivity contribution in [2.24, 2.45) is 11.8 Å². The highest BCUT2D eigenvalue weighted by molar-refractivity contribution is 7.14. The molecule has 0 radical (unpaired) electrons. The fourth-order valence-corrected chi connectivity index (χ4v) is 4.15. The molecule has 27 heavy (non-hydrogen) atoms. The van der Waals surface area contributed by atoms with E-state index in [-0.39, 0.29) is 23.7 Å². The van der Waals surface area contributed by atoms with E-state index in [9.17, 15) is 9.59 Å². The van der Waals surface area contributed by atoms with Gasteiger partial charge in [-0.2, -0.15) is 0 Å². The van der Waals surface area contributed by atoms with E-state index in [1.165, 1.54) is 17.8 Å². The number of hydrogen-bond acceptors (Lipinski definition) is 4. The molecule has 1 aliphatic rings. The molecular weight excluding hydrogens is 358 g/mol. The van der Waals surface area contributed by atoms with Gasteiger partial charge in [-0.1, -0.05) is 63.4 Å². The van der Waals surface area contributed by atoms with Crippen molar-refractivity contribution in [1.29, 1.82) is 0 Å². The topological polar surface area (TPSA) is 71.1 Å². The molecule has 144 valence electrons. The average Bonchev–Trinajstić information content (AvgIpc) is 3.15. The number of aromatic nitrogens is 1. The Balaban J connectivity index is 1.63. The molecule has 2 amide bonds. The molecule has 1 unspecified atom stereocenters. The molecule has 1 atom stereocenters. The summed E-state index contributed by atoms with van der Waals surface area (Å²) in [6.07, 6.45) is 5.23. The van der Waals surface area contributed by atoms with Crippen LogP contribution in [-0.4, -0.2) is 22.8 Å². The van der Waals surface area contributed by atoms with Crippen molar-refractivity contribution in [2.45, 2.75) is 52.0 Å². The van der Waals surface area contributed by atoms with Gasteiger partial charge in [-0.15, -0.1) is 11.3 Å². The SMILES string of the molecule is CC(C)C(NC(=O)C1CCCCC1)C(=O)Nc1nc(-c2ccccc2)cs1. The zero-order valence-electron chi connectivity index (χ0n) is 15.9. The number of rotatable bonds is 6. The lowest BCUT2D eigenvalue weighted by molar-refractivity contribution is -0.130. The van der Waals surface area contributed by atoms with E-state index >= 15 is 0 Å². The van der Waals surface area contributed by atoms with Crippen molar-refractivity contribution >= 4 is 28.3 Å². The first kappa shape index (κ1) is 19.5. The van der Waals surface area contributed by atoms with Crippen LogP contribution in [0.25, 0.3) is 11.3 Å². The van der Waals surface area contributed by atoms with Crippen molar-refractivity contribution in [3.05, 3.63) is 35.7 Å². The van der Waals surface area contributed by atoms with Crippen LogP contribution < -0.4 is 10.6 Å². The minimum Gasteiger partial charge on any atom is -0.344 e. The highest BCUT2D eigenvalue weighted by atomic mass is 32.1. The Morgan fingerprint density at radius 1 is 1.11 bits per heavy atom. The number of nitrogens with one attached hydrogen (secondary N) is 2. The number of nitrogens with zero attached hydrogens (tertiary/aromatic N) is 1. The molecule has 0 saturated heterocycles. The molecule has 2 N–H and O–H groups in total. The third kappa shape index (κ3) is 5.16. The zero-order valence-corrected chi connectivity index (χ0v) is 16.7. The van der Waals surface area contributed by atoms with Crippen LogP contribution in [0.15, 0.2) is 35.7 Å². The molecule has 1 fully saturated rings. The predicted molar refractivity (Wildman–Crippen MR) is 110 cm³/mol. The predicted octanol–water partition coefficient (Wildman–Crippen LogP) is 4.47. The number of anilines is 1. The third-order valence-electron chi connectivity index (χ3n) is 5.03. The van der Waals surface area contributed by atoms with Gasteiger partial charge < -0.3 is 10.6 Å². The summed E-state index contributed by atoms with van der Waals surface area (Å²) in [7, 11) is 0. The van der Waals surface area contributed by atoms with E-state index in [1.807, 2.05) is 49.6 Å². The summed E-state index contributed by atoms with van der Waals surface area (Å²) in [5.74, 6) is -0.153. The maximum absolute atomic E-state index is 12.8. The Kier molecular flexibility index (Phi) is 6.61. The van der Waals surface area contributed by atoms with Crippen molar-refractivity contribution in [2.75, 3.05) is 5.32 Å². The van der Waals surface area contributed by atoms with Crippen LogP contribution in [0.5, 0.6) is 0 Å². The van der Waals surface area contributed by atoms with Gasteiger partial charge in [-0.3, -0.25) is 9.59 Å². The minimum atomic E-state index is -0.552. The lowest BCUT2D eigenvalue weighted by Crippen LogP contribution is -2.49. The molecule has 1 heterocycles. The number of carbonyl (C=O) groups excluding carboxylic acids is 2. The van der Waals surface area contributed by atoms with Gasteiger partial charge in [0.05, 0.1) is 5.69 Å². The molecule has 1 saturated carbocycles. The van der Waals surface area contributed by atoms with Gasteiger partial charge in [0.1, 0.15) is 6.04 Å². The van der Waals surface area contributed by atoms with E-state index in [1.54, 1.807) is 0 Å². The first-order chi connectivity index (χ1) is 13.0. The normalized spacial score (nSPS) is 16.1. The number of hydrogen-bond donors (Lipinski definition) is 2. The maximum atomic E-state index is 12.8. The van der Waals surface area contributed by atoms with Crippen LogP contribution in [0, 0.1) is 11.8 Å². The number of amides is 2. The van der Waals surface area contributed by atoms with Crippen molar-refractivity contribution in [3.8, 4) is 11.3 Å². The maximum Gasteiger partial charge on any atom is 0.248 e. The molecule has 2 aromatic rings. The second kappa shape index (κ2) is 9.13. The first-order valence-corrected chi connectivity index (χ1v) is 10.5.